The molecule has 0 aromatic heterocycles. The highest BCUT2D eigenvalue weighted by atomic mass is 79.9. The van der Waals surface area contributed by atoms with Gasteiger partial charge in [0.1, 0.15) is 11.5 Å². The average molecular weight is 334 g/mol. The minimum absolute atomic E-state index is 0.296. The zero-order valence-corrected chi connectivity index (χ0v) is 12.0. The van der Waals surface area contributed by atoms with Crippen LogP contribution in [0.15, 0.2) is 28.7 Å². The van der Waals surface area contributed by atoms with E-state index in [1.54, 1.807) is 12.1 Å². The number of rotatable bonds is 5. The molecule has 0 aliphatic carbocycles. The van der Waals surface area contributed by atoms with Crippen molar-refractivity contribution in [2.24, 2.45) is 0 Å². The number of amides is 1. The third-order valence-corrected chi connectivity index (χ3v) is 4.02. The van der Waals surface area contributed by atoms with Crippen molar-refractivity contribution in [2.75, 3.05) is 18.6 Å². The van der Waals surface area contributed by atoms with Crippen molar-refractivity contribution in [3.63, 3.8) is 0 Å². The minimum atomic E-state index is -3.73. The molecule has 98 valence electrons. The van der Waals surface area contributed by atoms with Gasteiger partial charge < -0.3 is 5.32 Å². The number of Topliss-reactive ketones (excluding diaryl/α,β-unsaturated/α-hetero) is 1. The largest absolute Gasteiger partial charge is 0.358 e. The van der Waals surface area contributed by atoms with E-state index in [1.165, 1.54) is 19.2 Å². The molecular weight excluding hydrogens is 322 g/mol. The summed E-state index contributed by atoms with van der Waals surface area (Å²) in [6.45, 7) is 0. The first-order valence-electron chi connectivity index (χ1n) is 5.04. The second-order valence-corrected chi connectivity index (χ2v) is 6.62. The molecule has 1 aromatic carbocycles. The van der Waals surface area contributed by atoms with Crippen LogP contribution in [-0.4, -0.2) is 38.7 Å². The summed E-state index contributed by atoms with van der Waals surface area (Å²) < 4.78 is 23.8. The molecule has 1 rings (SSSR count). The molecule has 0 atom stereocenters. The lowest BCUT2D eigenvalue weighted by molar-refractivity contribution is -0.118. The Morgan fingerprint density at radius 2 is 1.94 bits per heavy atom. The number of carbonyl (C=O) groups is 2. The summed E-state index contributed by atoms with van der Waals surface area (Å²) in [7, 11) is -2.39. The van der Waals surface area contributed by atoms with Crippen molar-refractivity contribution in [3.05, 3.63) is 34.3 Å². The molecule has 0 fully saturated rings. The third-order valence-electron chi connectivity index (χ3n) is 2.13. The second kappa shape index (κ2) is 6.10. The van der Waals surface area contributed by atoms with Crippen LogP contribution in [0.5, 0.6) is 0 Å². The first-order chi connectivity index (χ1) is 8.34. The molecule has 0 heterocycles. The van der Waals surface area contributed by atoms with Crippen LogP contribution >= 0.6 is 15.9 Å². The predicted octanol–water partition coefficient (Wildman–Crippen LogP) is 0.793. The summed E-state index contributed by atoms with van der Waals surface area (Å²) in [4.78, 5) is 22.7. The first-order valence-corrected chi connectivity index (χ1v) is 7.65. The lowest BCUT2D eigenvalue weighted by Crippen LogP contribution is -2.30. The Balaban J connectivity index is 2.79. The van der Waals surface area contributed by atoms with Gasteiger partial charge in [-0.05, 0) is 12.1 Å². The topological polar surface area (TPSA) is 80.3 Å². The third kappa shape index (κ3) is 4.58. The zero-order valence-electron chi connectivity index (χ0n) is 9.64. The number of ketones is 1. The Morgan fingerprint density at radius 3 is 2.50 bits per heavy atom. The molecule has 5 nitrogen and oxygen atoms in total. The van der Waals surface area contributed by atoms with Crippen molar-refractivity contribution >= 4 is 37.5 Å². The summed E-state index contributed by atoms with van der Waals surface area (Å²) >= 11 is 3.20. The molecule has 0 aliphatic heterocycles. The van der Waals surface area contributed by atoms with Gasteiger partial charge >= 0.3 is 0 Å². The van der Waals surface area contributed by atoms with E-state index in [0.717, 1.165) is 0 Å². The normalized spacial score (nSPS) is 11.0. The van der Waals surface area contributed by atoms with Crippen molar-refractivity contribution in [1.82, 2.24) is 5.32 Å². The number of hydrogen-bond donors (Lipinski definition) is 1. The van der Waals surface area contributed by atoms with Crippen molar-refractivity contribution in [2.45, 2.75) is 0 Å². The molecule has 0 aliphatic rings. The van der Waals surface area contributed by atoms with Gasteiger partial charge in [0.15, 0.2) is 15.6 Å². The highest BCUT2D eigenvalue weighted by molar-refractivity contribution is 9.10. The van der Waals surface area contributed by atoms with Gasteiger partial charge in [-0.25, -0.2) is 8.42 Å². The van der Waals surface area contributed by atoms with Crippen LogP contribution in [0, 0.1) is 0 Å². The molecular formula is C11H12BrNO4S. The Kier molecular flexibility index (Phi) is 5.03. The Labute approximate surface area is 114 Å². The molecule has 0 unspecified atom stereocenters. The van der Waals surface area contributed by atoms with Crippen LogP contribution in [0.2, 0.25) is 0 Å². The Morgan fingerprint density at radius 1 is 1.28 bits per heavy atom. The highest BCUT2D eigenvalue weighted by Crippen LogP contribution is 2.12. The summed E-state index contributed by atoms with van der Waals surface area (Å²) in [5.74, 6) is -2.50. The fourth-order valence-electron chi connectivity index (χ4n) is 1.27. The van der Waals surface area contributed by atoms with Crippen molar-refractivity contribution in [3.8, 4) is 0 Å². The van der Waals surface area contributed by atoms with Crippen LogP contribution in [0.4, 0.5) is 0 Å². The number of benzene rings is 1. The van der Waals surface area contributed by atoms with Gasteiger partial charge in [-0.1, -0.05) is 28.1 Å². The maximum atomic E-state index is 11.8. The van der Waals surface area contributed by atoms with Gasteiger partial charge in [0.25, 0.3) is 0 Å². The highest BCUT2D eigenvalue weighted by Gasteiger charge is 2.21. The lowest BCUT2D eigenvalue weighted by atomic mass is 10.2. The van der Waals surface area contributed by atoms with E-state index in [-0.39, 0.29) is 0 Å². The van der Waals surface area contributed by atoms with E-state index in [9.17, 15) is 18.0 Å². The van der Waals surface area contributed by atoms with Gasteiger partial charge in [-0.3, -0.25) is 9.59 Å². The minimum Gasteiger partial charge on any atom is -0.358 e. The smallest absolute Gasteiger partial charge is 0.234 e. The summed E-state index contributed by atoms with van der Waals surface area (Å²) in [5, 5.41) is 2.21. The van der Waals surface area contributed by atoms with Crippen LogP contribution in [0.25, 0.3) is 0 Å². The molecule has 7 heteroatoms. The molecule has 0 saturated carbocycles. The van der Waals surface area contributed by atoms with E-state index in [2.05, 4.69) is 21.2 Å². The molecule has 1 amide bonds. The molecule has 0 bridgehead atoms. The van der Waals surface area contributed by atoms with Crippen LogP contribution in [0.3, 0.4) is 0 Å². The fraction of sp³-hybridized carbons (Fsp3) is 0.273. The van der Waals surface area contributed by atoms with Crippen LogP contribution < -0.4 is 5.32 Å². The van der Waals surface area contributed by atoms with Crippen molar-refractivity contribution < 1.29 is 18.0 Å². The molecule has 18 heavy (non-hydrogen) atoms. The van der Waals surface area contributed by atoms with Crippen LogP contribution in [0.1, 0.15) is 10.4 Å². The quantitative estimate of drug-likeness (QED) is 0.808. The van der Waals surface area contributed by atoms with Gasteiger partial charge in [0.2, 0.25) is 5.91 Å². The summed E-state index contributed by atoms with van der Waals surface area (Å²) in [6, 6.07) is 6.44. The monoisotopic (exact) mass is 333 g/mol. The predicted molar refractivity (Wildman–Crippen MR) is 71.2 cm³/mol. The van der Waals surface area contributed by atoms with Gasteiger partial charge in [-0.15, -0.1) is 0 Å². The van der Waals surface area contributed by atoms with E-state index in [1.807, 2.05) is 0 Å². The van der Waals surface area contributed by atoms with Crippen LogP contribution in [-0.2, 0) is 14.6 Å². The number of carbonyl (C=O) groups excluding carboxylic acids is 2. The zero-order chi connectivity index (χ0) is 13.8. The lowest BCUT2D eigenvalue weighted by Gasteiger charge is -2.03. The van der Waals surface area contributed by atoms with E-state index >= 15 is 0 Å². The molecule has 1 N–H and O–H groups in total. The number of hydrogen-bond acceptors (Lipinski definition) is 4. The molecule has 0 saturated heterocycles. The maximum Gasteiger partial charge on any atom is 0.234 e. The SMILES string of the molecule is CNC(=O)CS(=O)(=O)CC(=O)c1cccc(Br)c1. The van der Waals surface area contributed by atoms with E-state index in [4.69, 9.17) is 0 Å². The Bertz CT molecular complexity index is 568. The average Bonchev–Trinajstić information content (AvgIpc) is 2.27. The number of nitrogens with one attached hydrogen (secondary N) is 1. The van der Waals surface area contributed by atoms with Gasteiger partial charge in [0.05, 0.1) is 0 Å². The number of sulfone groups is 1. The fourth-order valence-corrected chi connectivity index (χ4v) is 2.88. The van der Waals surface area contributed by atoms with E-state index in [0.29, 0.717) is 10.0 Å². The van der Waals surface area contributed by atoms with E-state index < -0.39 is 33.0 Å². The summed E-state index contributed by atoms with van der Waals surface area (Å²) in [5.41, 5.74) is 0.296. The first kappa shape index (κ1) is 14.8. The molecule has 1 aromatic rings. The van der Waals surface area contributed by atoms with Gasteiger partial charge in [-0.2, -0.15) is 0 Å². The molecule has 0 spiro atoms. The maximum absolute atomic E-state index is 11.8. The summed E-state index contributed by atoms with van der Waals surface area (Å²) in [6.07, 6.45) is 0. The van der Waals surface area contributed by atoms with Gasteiger partial charge in [0, 0.05) is 17.1 Å². The second-order valence-electron chi connectivity index (χ2n) is 3.64. The van der Waals surface area contributed by atoms with Crippen molar-refractivity contribution in [1.29, 1.82) is 0 Å². The number of halogens is 1. The Hall–Kier alpha value is -1.21. The standard InChI is InChI=1S/C11H12BrNO4S/c1-13-11(15)7-18(16,17)6-10(14)8-3-2-4-9(12)5-8/h2-5H,6-7H2,1H3,(H,13,15). The molecule has 0 radical (unpaired) electrons.